The molecule has 0 unspecified atom stereocenters. The number of carbonyl (C=O) groups is 2. The van der Waals surface area contributed by atoms with Crippen molar-refractivity contribution in [1.29, 1.82) is 0 Å². The molecule has 0 saturated carbocycles. The van der Waals surface area contributed by atoms with Crippen molar-refractivity contribution in [2.24, 2.45) is 0 Å². The Labute approximate surface area is 144 Å². The van der Waals surface area contributed by atoms with Crippen molar-refractivity contribution in [2.75, 3.05) is 5.32 Å². The number of rotatable bonds is 3. The zero-order valence-electron chi connectivity index (χ0n) is 13.7. The molecule has 0 saturated heterocycles. The zero-order valence-corrected chi connectivity index (χ0v) is 13.7. The minimum atomic E-state index is -0.907. The maximum Gasteiger partial charge on any atom is 0.331 e. The standard InChI is InChI=1S/C19H17FN2O3/c1-11-15(19(24)25)4-2-3-12-5-7-14(9-16(11)12)22-18(23)17-8-6-13(20)10-21-17/h5-10H,2-4H2,1H3,(H,22,23)(H,24,25). The van der Waals surface area contributed by atoms with E-state index < -0.39 is 17.7 Å². The van der Waals surface area contributed by atoms with Gasteiger partial charge in [-0.1, -0.05) is 6.07 Å². The largest absolute Gasteiger partial charge is 0.478 e. The number of fused-ring (bicyclic) bond motifs is 1. The third kappa shape index (κ3) is 3.57. The van der Waals surface area contributed by atoms with Gasteiger partial charge < -0.3 is 10.4 Å². The van der Waals surface area contributed by atoms with E-state index in [0.717, 1.165) is 35.7 Å². The highest BCUT2D eigenvalue weighted by molar-refractivity contribution is 6.03. The van der Waals surface area contributed by atoms with Crippen LogP contribution in [0.4, 0.5) is 10.1 Å². The first kappa shape index (κ1) is 16.8. The molecule has 128 valence electrons. The molecule has 0 fully saturated rings. The van der Waals surface area contributed by atoms with Gasteiger partial charge in [0.2, 0.25) is 0 Å². The monoisotopic (exact) mass is 340 g/mol. The molecule has 25 heavy (non-hydrogen) atoms. The van der Waals surface area contributed by atoms with Crippen LogP contribution in [0.3, 0.4) is 0 Å². The molecule has 2 aromatic rings. The highest BCUT2D eigenvalue weighted by atomic mass is 19.1. The van der Waals surface area contributed by atoms with Crippen LogP contribution in [0.1, 0.15) is 41.4 Å². The number of aryl methyl sites for hydroxylation is 1. The molecule has 0 aliphatic heterocycles. The van der Waals surface area contributed by atoms with Gasteiger partial charge in [0.15, 0.2) is 0 Å². The van der Waals surface area contributed by atoms with E-state index in [1.54, 1.807) is 19.1 Å². The van der Waals surface area contributed by atoms with Crippen LogP contribution in [0.2, 0.25) is 0 Å². The molecule has 3 rings (SSSR count). The Morgan fingerprint density at radius 1 is 1.20 bits per heavy atom. The number of hydrogen-bond donors (Lipinski definition) is 2. The summed E-state index contributed by atoms with van der Waals surface area (Å²) in [5, 5.41) is 12.1. The lowest BCUT2D eigenvalue weighted by Crippen LogP contribution is -2.14. The smallest absolute Gasteiger partial charge is 0.331 e. The van der Waals surface area contributed by atoms with E-state index in [0.29, 0.717) is 17.7 Å². The fourth-order valence-electron chi connectivity index (χ4n) is 3.00. The normalized spacial score (nSPS) is 13.8. The van der Waals surface area contributed by atoms with Gasteiger partial charge >= 0.3 is 5.97 Å². The van der Waals surface area contributed by atoms with Crippen LogP contribution in [-0.2, 0) is 11.2 Å². The summed E-state index contributed by atoms with van der Waals surface area (Å²) in [5.41, 5.74) is 3.67. The summed E-state index contributed by atoms with van der Waals surface area (Å²) in [5.74, 6) is -1.87. The molecule has 2 N–H and O–H groups in total. The van der Waals surface area contributed by atoms with Gasteiger partial charge in [0.1, 0.15) is 11.5 Å². The van der Waals surface area contributed by atoms with Gasteiger partial charge in [-0.2, -0.15) is 0 Å². The van der Waals surface area contributed by atoms with Crippen LogP contribution < -0.4 is 5.32 Å². The zero-order chi connectivity index (χ0) is 18.0. The Morgan fingerprint density at radius 3 is 2.68 bits per heavy atom. The van der Waals surface area contributed by atoms with Crippen molar-refractivity contribution in [3.63, 3.8) is 0 Å². The molecular weight excluding hydrogens is 323 g/mol. The number of halogens is 1. The summed E-state index contributed by atoms with van der Waals surface area (Å²) in [6.07, 6.45) is 3.07. The number of aromatic nitrogens is 1. The quantitative estimate of drug-likeness (QED) is 0.893. The topological polar surface area (TPSA) is 79.3 Å². The number of hydrogen-bond acceptors (Lipinski definition) is 3. The molecule has 1 heterocycles. The Morgan fingerprint density at radius 2 is 2.00 bits per heavy atom. The van der Waals surface area contributed by atoms with Crippen molar-refractivity contribution < 1.29 is 19.1 Å². The minimum absolute atomic E-state index is 0.106. The number of aliphatic carboxylic acids is 1. The molecule has 0 bridgehead atoms. The van der Waals surface area contributed by atoms with E-state index in [1.807, 2.05) is 6.07 Å². The van der Waals surface area contributed by atoms with E-state index in [1.165, 1.54) is 12.1 Å². The number of amides is 1. The Bertz CT molecular complexity index is 873. The van der Waals surface area contributed by atoms with Crippen molar-refractivity contribution in [3.05, 3.63) is 64.7 Å². The molecule has 0 atom stereocenters. The lowest BCUT2D eigenvalue weighted by molar-refractivity contribution is -0.132. The lowest BCUT2D eigenvalue weighted by Gasteiger charge is -2.12. The van der Waals surface area contributed by atoms with Crippen LogP contribution in [0.15, 0.2) is 42.1 Å². The van der Waals surface area contributed by atoms with Crippen LogP contribution in [0.25, 0.3) is 5.57 Å². The van der Waals surface area contributed by atoms with Crippen molar-refractivity contribution in [3.8, 4) is 0 Å². The number of carboxylic acid groups (broad SMARTS) is 1. The molecule has 1 amide bonds. The van der Waals surface area contributed by atoms with E-state index >= 15 is 0 Å². The minimum Gasteiger partial charge on any atom is -0.478 e. The number of carboxylic acids is 1. The van der Waals surface area contributed by atoms with Gasteiger partial charge in [-0.3, -0.25) is 4.79 Å². The maximum absolute atomic E-state index is 12.9. The van der Waals surface area contributed by atoms with Gasteiger partial charge in [0.05, 0.1) is 6.20 Å². The molecule has 1 aromatic heterocycles. The number of pyridine rings is 1. The molecule has 0 radical (unpaired) electrons. The summed E-state index contributed by atoms with van der Waals surface area (Å²) >= 11 is 0. The number of allylic oxidation sites excluding steroid dienone is 1. The Balaban J connectivity index is 1.91. The second-order valence-electron chi connectivity index (χ2n) is 5.95. The second kappa shape index (κ2) is 6.84. The average molecular weight is 340 g/mol. The summed E-state index contributed by atoms with van der Waals surface area (Å²) in [6.45, 7) is 1.79. The fraction of sp³-hybridized carbons (Fsp3) is 0.211. The summed E-state index contributed by atoms with van der Waals surface area (Å²) in [7, 11) is 0. The first-order valence-electron chi connectivity index (χ1n) is 7.95. The molecule has 6 heteroatoms. The van der Waals surface area contributed by atoms with E-state index in [-0.39, 0.29) is 5.69 Å². The predicted molar refractivity (Wildman–Crippen MR) is 91.8 cm³/mol. The van der Waals surface area contributed by atoms with Gasteiger partial charge in [0, 0.05) is 11.3 Å². The van der Waals surface area contributed by atoms with Crippen molar-refractivity contribution in [2.45, 2.75) is 26.2 Å². The molecule has 5 nitrogen and oxygen atoms in total. The fourth-order valence-corrected chi connectivity index (χ4v) is 3.00. The van der Waals surface area contributed by atoms with Crippen molar-refractivity contribution in [1.82, 2.24) is 4.98 Å². The first-order valence-corrected chi connectivity index (χ1v) is 7.95. The Kier molecular flexibility index (Phi) is 4.61. The molecule has 1 aromatic carbocycles. The molecular formula is C19H17FN2O3. The first-order chi connectivity index (χ1) is 12.0. The van der Waals surface area contributed by atoms with Crippen LogP contribution >= 0.6 is 0 Å². The number of nitrogens with zero attached hydrogens (tertiary/aromatic N) is 1. The van der Waals surface area contributed by atoms with Gasteiger partial charge in [-0.25, -0.2) is 14.2 Å². The molecule has 1 aliphatic carbocycles. The lowest BCUT2D eigenvalue weighted by atomic mass is 9.97. The maximum atomic E-state index is 12.9. The highest BCUT2D eigenvalue weighted by Crippen LogP contribution is 2.32. The molecule has 0 spiro atoms. The highest BCUT2D eigenvalue weighted by Gasteiger charge is 2.19. The second-order valence-corrected chi connectivity index (χ2v) is 5.95. The van der Waals surface area contributed by atoms with Crippen molar-refractivity contribution >= 4 is 23.1 Å². The third-order valence-electron chi connectivity index (χ3n) is 4.32. The van der Waals surface area contributed by atoms with Crippen LogP contribution in [-0.4, -0.2) is 22.0 Å². The van der Waals surface area contributed by atoms with Gasteiger partial charge in [-0.15, -0.1) is 0 Å². The summed E-state index contributed by atoms with van der Waals surface area (Å²) < 4.78 is 12.9. The number of anilines is 1. The van der Waals surface area contributed by atoms with E-state index in [2.05, 4.69) is 10.3 Å². The van der Waals surface area contributed by atoms with Crippen LogP contribution in [0, 0.1) is 5.82 Å². The number of nitrogens with one attached hydrogen (secondary N) is 1. The SMILES string of the molecule is CC1=C(C(=O)O)CCCc2ccc(NC(=O)c3ccc(F)cn3)cc21. The number of benzene rings is 1. The Hall–Kier alpha value is -3.02. The summed E-state index contributed by atoms with van der Waals surface area (Å²) in [6, 6.07) is 7.93. The average Bonchev–Trinajstić information content (AvgIpc) is 2.75. The number of carbonyl (C=O) groups excluding carboxylic acids is 1. The van der Waals surface area contributed by atoms with E-state index in [9.17, 15) is 19.1 Å². The molecule has 1 aliphatic rings. The van der Waals surface area contributed by atoms with Crippen LogP contribution in [0.5, 0.6) is 0 Å². The predicted octanol–water partition coefficient (Wildman–Crippen LogP) is 3.67. The van der Waals surface area contributed by atoms with E-state index in [4.69, 9.17) is 0 Å². The third-order valence-corrected chi connectivity index (χ3v) is 4.32. The van der Waals surface area contributed by atoms with Gasteiger partial charge in [-0.05, 0) is 67.2 Å². The summed E-state index contributed by atoms with van der Waals surface area (Å²) in [4.78, 5) is 27.4. The van der Waals surface area contributed by atoms with Gasteiger partial charge in [0.25, 0.3) is 5.91 Å².